The number of sulfone groups is 1. The lowest BCUT2D eigenvalue weighted by molar-refractivity contribution is -0.139. The van der Waals surface area contributed by atoms with E-state index in [1.165, 1.54) is 11.3 Å². The van der Waals surface area contributed by atoms with Crippen LogP contribution in [0.4, 0.5) is 0 Å². The van der Waals surface area contributed by atoms with E-state index in [1.807, 2.05) is 45.0 Å². The minimum Gasteiger partial charge on any atom is -0.489 e. The maximum Gasteiger partial charge on any atom is 0.341 e. The molecule has 0 fully saturated rings. The molecule has 0 spiro atoms. The first kappa shape index (κ1) is 25.0. The monoisotopic (exact) mass is 491 g/mol. The number of hydrogen-bond acceptors (Lipinski definition) is 7. The van der Waals surface area contributed by atoms with Crippen molar-refractivity contribution < 1.29 is 27.8 Å². The van der Waals surface area contributed by atoms with E-state index in [1.54, 1.807) is 18.2 Å². The van der Waals surface area contributed by atoms with Crippen LogP contribution in [0.1, 0.15) is 24.5 Å². The Bertz CT molecular complexity index is 1220. The van der Waals surface area contributed by atoms with Crippen molar-refractivity contribution in [1.82, 2.24) is 5.32 Å². The van der Waals surface area contributed by atoms with E-state index in [0.717, 1.165) is 21.2 Å². The fourth-order valence-corrected chi connectivity index (χ4v) is 6.76. The van der Waals surface area contributed by atoms with E-state index >= 15 is 0 Å². The Morgan fingerprint density at radius 1 is 1.18 bits per heavy atom. The highest BCUT2D eigenvalue weighted by Gasteiger charge is 2.21. The molecule has 0 radical (unpaired) electrons. The van der Waals surface area contributed by atoms with Gasteiger partial charge in [-0.15, -0.1) is 11.3 Å². The van der Waals surface area contributed by atoms with E-state index in [0.29, 0.717) is 35.2 Å². The van der Waals surface area contributed by atoms with Crippen LogP contribution in [0.15, 0.2) is 46.7 Å². The van der Waals surface area contributed by atoms with Gasteiger partial charge in [0.25, 0.3) is 0 Å². The zero-order valence-corrected chi connectivity index (χ0v) is 20.6. The normalized spacial score (nSPS) is 12.6. The van der Waals surface area contributed by atoms with Gasteiger partial charge in [0, 0.05) is 11.2 Å². The average Bonchev–Trinajstić information content (AvgIpc) is 3.10. The molecule has 1 aromatic heterocycles. The molecule has 2 aromatic carbocycles. The van der Waals surface area contributed by atoms with Crippen molar-refractivity contribution in [3.63, 3.8) is 0 Å². The summed E-state index contributed by atoms with van der Waals surface area (Å²) in [4.78, 5) is 10.6. The molecule has 7 nitrogen and oxygen atoms in total. The smallest absolute Gasteiger partial charge is 0.341 e. The lowest BCUT2D eigenvalue weighted by Gasteiger charge is -2.17. The van der Waals surface area contributed by atoms with Crippen LogP contribution >= 0.6 is 11.3 Å². The van der Waals surface area contributed by atoms with Gasteiger partial charge in [-0.05, 0) is 74.5 Å². The minimum atomic E-state index is -3.32. The fraction of sp³-hybridized carbons (Fsp3) is 0.375. The molecule has 0 aliphatic heterocycles. The summed E-state index contributed by atoms with van der Waals surface area (Å²) < 4.78 is 38.2. The minimum absolute atomic E-state index is 0.0971. The predicted molar refractivity (Wildman–Crippen MR) is 131 cm³/mol. The molecular formula is C24H29NO6S2. The van der Waals surface area contributed by atoms with Crippen LogP contribution in [-0.4, -0.2) is 51.0 Å². The van der Waals surface area contributed by atoms with Gasteiger partial charge in [0.1, 0.15) is 21.8 Å². The highest BCUT2D eigenvalue weighted by Crippen LogP contribution is 2.34. The predicted octanol–water partition coefficient (Wildman–Crippen LogP) is 4.20. The molecule has 9 heteroatoms. The second kappa shape index (κ2) is 11.0. The Labute approximate surface area is 198 Å². The summed E-state index contributed by atoms with van der Waals surface area (Å²) in [6.45, 7) is 6.37. The van der Waals surface area contributed by atoms with E-state index < -0.39 is 15.8 Å². The van der Waals surface area contributed by atoms with Gasteiger partial charge in [0.05, 0.1) is 5.75 Å². The summed E-state index contributed by atoms with van der Waals surface area (Å²) in [7, 11) is -3.32. The third kappa shape index (κ3) is 6.69. The largest absolute Gasteiger partial charge is 0.489 e. The average molecular weight is 492 g/mol. The van der Waals surface area contributed by atoms with E-state index in [2.05, 4.69) is 5.32 Å². The quantitative estimate of drug-likeness (QED) is 0.366. The number of thiophene rings is 1. The summed E-state index contributed by atoms with van der Waals surface area (Å²) in [5.74, 6) is 0.235. The Kier molecular flexibility index (Phi) is 8.34. The van der Waals surface area contributed by atoms with Gasteiger partial charge in [-0.25, -0.2) is 13.2 Å². The van der Waals surface area contributed by atoms with Crippen LogP contribution in [0.25, 0.3) is 10.1 Å². The second-order valence-electron chi connectivity index (χ2n) is 7.93. The van der Waals surface area contributed by atoms with Crippen molar-refractivity contribution in [2.45, 2.75) is 37.5 Å². The maximum absolute atomic E-state index is 12.8. The standard InChI is InChI=1S/C24H29NO6S2/c1-16-13-19(9-10-21(16)30-15-23(26)27)31-17(2)14-25-11-6-12-33(28,29)24-18(3)20-7-4-5-8-22(20)32-24/h4-5,7-10,13,17,25H,6,11-12,14-15H2,1-3H3,(H,26,27). The Balaban J connectivity index is 1.43. The molecular weight excluding hydrogens is 462 g/mol. The molecule has 0 saturated heterocycles. The number of carboxylic acid groups (broad SMARTS) is 1. The first-order valence-electron chi connectivity index (χ1n) is 10.7. The molecule has 0 aliphatic rings. The molecule has 1 atom stereocenters. The van der Waals surface area contributed by atoms with Crippen LogP contribution < -0.4 is 14.8 Å². The topological polar surface area (TPSA) is 102 Å². The number of carbonyl (C=O) groups is 1. The Hall–Kier alpha value is -2.62. The van der Waals surface area contributed by atoms with Crippen molar-refractivity contribution in [2.24, 2.45) is 0 Å². The number of nitrogens with one attached hydrogen (secondary N) is 1. The van der Waals surface area contributed by atoms with Crippen molar-refractivity contribution in [3.8, 4) is 11.5 Å². The van der Waals surface area contributed by atoms with Crippen molar-refractivity contribution in [1.29, 1.82) is 0 Å². The van der Waals surface area contributed by atoms with Crippen molar-refractivity contribution in [3.05, 3.63) is 53.6 Å². The molecule has 0 aliphatic carbocycles. The zero-order valence-electron chi connectivity index (χ0n) is 19.0. The van der Waals surface area contributed by atoms with Crippen molar-refractivity contribution in [2.75, 3.05) is 25.4 Å². The Morgan fingerprint density at radius 2 is 1.94 bits per heavy atom. The SMILES string of the molecule is Cc1cc(OC(C)CNCCCS(=O)(=O)c2sc3ccccc3c2C)ccc1OCC(=O)O. The first-order chi connectivity index (χ1) is 15.7. The molecule has 178 valence electrons. The summed E-state index contributed by atoms with van der Waals surface area (Å²) >= 11 is 1.34. The lowest BCUT2D eigenvalue weighted by Crippen LogP contribution is -2.30. The van der Waals surface area contributed by atoms with Gasteiger partial charge in [-0.3, -0.25) is 0 Å². The van der Waals surface area contributed by atoms with Gasteiger partial charge < -0.3 is 19.9 Å². The number of ether oxygens (including phenoxy) is 2. The number of aryl methyl sites for hydroxylation is 2. The first-order valence-corrected chi connectivity index (χ1v) is 13.2. The zero-order chi connectivity index (χ0) is 24.0. The number of carboxylic acids is 1. The number of hydrogen-bond donors (Lipinski definition) is 2. The molecule has 3 rings (SSSR count). The van der Waals surface area contributed by atoms with Gasteiger partial charge in [-0.1, -0.05) is 18.2 Å². The number of rotatable bonds is 12. The highest BCUT2D eigenvalue weighted by molar-refractivity contribution is 7.93. The second-order valence-corrected chi connectivity index (χ2v) is 11.3. The third-order valence-electron chi connectivity index (χ3n) is 5.12. The van der Waals surface area contributed by atoms with Crippen molar-refractivity contribution >= 4 is 37.2 Å². The molecule has 2 N–H and O–H groups in total. The number of fused-ring (bicyclic) bond motifs is 1. The van der Waals surface area contributed by atoms with Crippen LogP contribution in [0.2, 0.25) is 0 Å². The Morgan fingerprint density at radius 3 is 2.64 bits per heavy atom. The fourth-order valence-electron chi connectivity index (χ4n) is 3.50. The summed E-state index contributed by atoms with van der Waals surface area (Å²) in [6, 6.07) is 13.0. The van der Waals surface area contributed by atoms with Crippen LogP contribution in [0.3, 0.4) is 0 Å². The number of benzene rings is 2. The van der Waals surface area contributed by atoms with Gasteiger partial charge >= 0.3 is 5.97 Å². The van der Waals surface area contributed by atoms with Crippen LogP contribution in [0.5, 0.6) is 11.5 Å². The maximum atomic E-state index is 12.8. The molecule has 1 unspecified atom stereocenters. The van der Waals surface area contributed by atoms with E-state index in [-0.39, 0.29) is 18.5 Å². The van der Waals surface area contributed by atoms with E-state index in [9.17, 15) is 13.2 Å². The lowest BCUT2D eigenvalue weighted by atomic mass is 10.2. The molecule has 33 heavy (non-hydrogen) atoms. The summed E-state index contributed by atoms with van der Waals surface area (Å²) in [5, 5.41) is 13.0. The molecule has 1 heterocycles. The van der Waals surface area contributed by atoms with Crippen LogP contribution in [0, 0.1) is 13.8 Å². The highest BCUT2D eigenvalue weighted by atomic mass is 32.2. The van der Waals surface area contributed by atoms with Crippen LogP contribution in [-0.2, 0) is 14.6 Å². The third-order valence-corrected chi connectivity index (χ3v) is 8.89. The molecule has 0 bridgehead atoms. The number of aliphatic carboxylic acids is 1. The molecule has 0 saturated carbocycles. The molecule has 3 aromatic rings. The van der Waals surface area contributed by atoms with E-state index in [4.69, 9.17) is 14.6 Å². The summed E-state index contributed by atoms with van der Waals surface area (Å²) in [5.41, 5.74) is 1.62. The van der Waals surface area contributed by atoms with Gasteiger partial charge in [0.2, 0.25) is 0 Å². The summed E-state index contributed by atoms with van der Waals surface area (Å²) in [6.07, 6.45) is 0.383. The van der Waals surface area contributed by atoms with Gasteiger partial charge in [0.15, 0.2) is 16.4 Å². The van der Waals surface area contributed by atoms with Gasteiger partial charge in [-0.2, -0.15) is 0 Å². The molecule has 0 amide bonds.